The fraction of sp³-hybridized carbons (Fsp3) is 0.458. The molecule has 1 N–H and O–H groups in total. The molecule has 2 aromatic carbocycles. The van der Waals surface area contributed by atoms with E-state index in [2.05, 4.69) is 47.5 Å². The highest BCUT2D eigenvalue weighted by Crippen LogP contribution is 2.25. The van der Waals surface area contributed by atoms with Crippen LogP contribution in [0.4, 0.5) is 0 Å². The summed E-state index contributed by atoms with van der Waals surface area (Å²) in [5.41, 5.74) is 6.16. The van der Waals surface area contributed by atoms with Gasteiger partial charge in [0.1, 0.15) is 0 Å². The van der Waals surface area contributed by atoms with Gasteiger partial charge in [-0.1, -0.05) is 36.8 Å². The van der Waals surface area contributed by atoms with Gasteiger partial charge in [0.25, 0.3) is 5.91 Å². The van der Waals surface area contributed by atoms with Crippen molar-refractivity contribution in [1.29, 1.82) is 0 Å². The fourth-order valence-electron chi connectivity index (χ4n) is 4.36. The van der Waals surface area contributed by atoms with Gasteiger partial charge in [-0.25, -0.2) is 0 Å². The van der Waals surface area contributed by atoms with Crippen LogP contribution in [0.1, 0.15) is 71.3 Å². The molecule has 1 heterocycles. The summed E-state index contributed by atoms with van der Waals surface area (Å²) in [6, 6.07) is 14.8. The van der Waals surface area contributed by atoms with Crippen LogP contribution < -0.4 is 5.32 Å². The van der Waals surface area contributed by atoms with Gasteiger partial charge in [-0.2, -0.15) is 0 Å². The third-order valence-corrected chi connectivity index (χ3v) is 6.04. The Kier molecular flexibility index (Phi) is 5.58. The van der Waals surface area contributed by atoms with E-state index in [-0.39, 0.29) is 11.9 Å². The molecule has 3 nitrogen and oxygen atoms in total. The summed E-state index contributed by atoms with van der Waals surface area (Å²) in [7, 11) is 0. The maximum absolute atomic E-state index is 12.6. The van der Waals surface area contributed by atoms with E-state index in [1.54, 1.807) is 0 Å². The summed E-state index contributed by atoms with van der Waals surface area (Å²) in [5.74, 6) is 0.00696. The fourth-order valence-corrected chi connectivity index (χ4v) is 4.36. The molecule has 2 aliphatic rings. The molecule has 2 aromatic rings. The SMILES string of the molecule is C[C@@H](NC(=O)c1ccc(CN2CCCCC2)cc1)c1ccc2c(c1)CCC2. The number of amides is 1. The standard InChI is InChI=1S/C24H30N2O/c1-18(22-13-12-20-6-5-7-23(20)16-22)25-24(27)21-10-8-19(9-11-21)17-26-14-3-2-4-15-26/h8-13,16,18H,2-7,14-15,17H2,1H3,(H,25,27)/t18-/m1/s1. The van der Waals surface area contributed by atoms with Crippen molar-refractivity contribution in [2.45, 2.75) is 58.0 Å². The zero-order valence-electron chi connectivity index (χ0n) is 16.3. The van der Waals surface area contributed by atoms with Crippen molar-refractivity contribution in [3.05, 3.63) is 70.3 Å². The third kappa shape index (κ3) is 4.41. The Morgan fingerprint density at radius 2 is 1.70 bits per heavy atom. The minimum Gasteiger partial charge on any atom is -0.346 e. The molecule has 0 aromatic heterocycles. The van der Waals surface area contributed by atoms with Gasteiger partial charge in [-0.3, -0.25) is 9.69 Å². The molecule has 1 aliphatic heterocycles. The summed E-state index contributed by atoms with van der Waals surface area (Å²) in [4.78, 5) is 15.2. The van der Waals surface area contributed by atoms with Gasteiger partial charge in [-0.05, 0) is 86.5 Å². The molecule has 1 aliphatic carbocycles. The predicted molar refractivity (Wildman–Crippen MR) is 110 cm³/mol. The molecule has 0 unspecified atom stereocenters. The van der Waals surface area contributed by atoms with Gasteiger partial charge in [0.15, 0.2) is 0 Å². The van der Waals surface area contributed by atoms with Crippen molar-refractivity contribution in [2.24, 2.45) is 0 Å². The second kappa shape index (κ2) is 8.26. The van der Waals surface area contributed by atoms with Crippen molar-refractivity contribution < 1.29 is 4.79 Å². The maximum Gasteiger partial charge on any atom is 0.251 e. The number of carbonyl (C=O) groups excluding carboxylic acids is 1. The molecule has 1 atom stereocenters. The van der Waals surface area contributed by atoms with Crippen LogP contribution in [0, 0.1) is 0 Å². The average Bonchev–Trinajstić information content (AvgIpc) is 3.17. The van der Waals surface area contributed by atoms with E-state index in [4.69, 9.17) is 0 Å². The predicted octanol–water partition coefficient (Wildman–Crippen LogP) is 4.65. The van der Waals surface area contributed by atoms with Crippen molar-refractivity contribution in [3.8, 4) is 0 Å². The van der Waals surface area contributed by atoms with Gasteiger partial charge in [-0.15, -0.1) is 0 Å². The largest absolute Gasteiger partial charge is 0.346 e. The van der Waals surface area contributed by atoms with E-state index in [0.29, 0.717) is 0 Å². The molecule has 0 saturated carbocycles. The van der Waals surface area contributed by atoms with Crippen LogP contribution in [0.5, 0.6) is 0 Å². The zero-order valence-corrected chi connectivity index (χ0v) is 16.3. The first-order chi connectivity index (χ1) is 13.2. The second-order valence-electron chi connectivity index (χ2n) is 8.11. The molecule has 0 bridgehead atoms. The van der Waals surface area contributed by atoms with Crippen LogP contribution in [0.3, 0.4) is 0 Å². The second-order valence-corrected chi connectivity index (χ2v) is 8.11. The highest BCUT2D eigenvalue weighted by molar-refractivity contribution is 5.94. The summed E-state index contributed by atoms with van der Waals surface area (Å²) in [5, 5.41) is 3.16. The molecular formula is C24H30N2O. The number of fused-ring (bicyclic) bond motifs is 1. The van der Waals surface area contributed by atoms with Crippen LogP contribution >= 0.6 is 0 Å². The normalized spacial score (nSPS) is 18.1. The molecular weight excluding hydrogens is 332 g/mol. The molecule has 0 radical (unpaired) electrons. The number of nitrogens with one attached hydrogen (secondary N) is 1. The lowest BCUT2D eigenvalue weighted by Crippen LogP contribution is -2.29. The number of benzene rings is 2. The lowest BCUT2D eigenvalue weighted by Gasteiger charge is -2.26. The number of likely N-dealkylation sites (tertiary alicyclic amines) is 1. The molecule has 142 valence electrons. The van der Waals surface area contributed by atoms with Crippen molar-refractivity contribution >= 4 is 5.91 Å². The van der Waals surface area contributed by atoms with Gasteiger partial charge in [0, 0.05) is 12.1 Å². The smallest absolute Gasteiger partial charge is 0.251 e. The zero-order chi connectivity index (χ0) is 18.6. The number of hydrogen-bond donors (Lipinski definition) is 1. The third-order valence-electron chi connectivity index (χ3n) is 6.04. The number of rotatable bonds is 5. The summed E-state index contributed by atoms with van der Waals surface area (Å²) < 4.78 is 0. The Balaban J connectivity index is 1.36. The lowest BCUT2D eigenvalue weighted by molar-refractivity contribution is 0.0940. The topological polar surface area (TPSA) is 32.3 Å². The van der Waals surface area contributed by atoms with Crippen LogP contribution in [0.15, 0.2) is 42.5 Å². The number of hydrogen-bond acceptors (Lipinski definition) is 2. The molecule has 1 fully saturated rings. The van der Waals surface area contributed by atoms with Crippen LogP contribution in [-0.2, 0) is 19.4 Å². The molecule has 1 saturated heterocycles. The molecule has 3 heteroatoms. The van der Waals surface area contributed by atoms with Crippen LogP contribution in [0.25, 0.3) is 0 Å². The summed E-state index contributed by atoms with van der Waals surface area (Å²) >= 11 is 0. The number of aryl methyl sites for hydroxylation is 2. The van der Waals surface area contributed by atoms with Crippen molar-refractivity contribution in [2.75, 3.05) is 13.1 Å². The Labute approximate surface area is 162 Å². The number of nitrogens with zero attached hydrogens (tertiary/aromatic N) is 1. The van der Waals surface area contributed by atoms with Crippen molar-refractivity contribution in [3.63, 3.8) is 0 Å². The van der Waals surface area contributed by atoms with Gasteiger partial charge >= 0.3 is 0 Å². The number of piperidine rings is 1. The first kappa shape index (κ1) is 18.2. The minimum absolute atomic E-state index is 0.00696. The Morgan fingerprint density at radius 1 is 0.963 bits per heavy atom. The first-order valence-electron chi connectivity index (χ1n) is 10.4. The maximum atomic E-state index is 12.6. The minimum atomic E-state index is 0.00696. The van der Waals surface area contributed by atoms with E-state index in [1.807, 2.05) is 12.1 Å². The Bertz CT molecular complexity index is 791. The monoisotopic (exact) mass is 362 g/mol. The highest BCUT2D eigenvalue weighted by atomic mass is 16.1. The van der Waals surface area contributed by atoms with Crippen molar-refractivity contribution in [1.82, 2.24) is 10.2 Å². The van der Waals surface area contributed by atoms with Gasteiger partial charge in [0.2, 0.25) is 0 Å². The highest BCUT2D eigenvalue weighted by Gasteiger charge is 2.16. The molecule has 4 rings (SSSR count). The Morgan fingerprint density at radius 3 is 2.48 bits per heavy atom. The molecule has 1 amide bonds. The van der Waals surface area contributed by atoms with E-state index in [1.165, 1.54) is 73.9 Å². The number of carbonyl (C=O) groups is 1. The van der Waals surface area contributed by atoms with Gasteiger partial charge < -0.3 is 5.32 Å². The molecule has 0 spiro atoms. The molecule has 27 heavy (non-hydrogen) atoms. The average molecular weight is 363 g/mol. The first-order valence-corrected chi connectivity index (χ1v) is 10.4. The lowest BCUT2D eigenvalue weighted by atomic mass is 10.0. The van der Waals surface area contributed by atoms with Gasteiger partial charge in [0.05, 0.1) is 6.04 Å². The van der Waals surface area contributed by atoms with E-state index in [0.717, 1.165) is 12.1 Å². The Hall–Kier alpha value is -2.13. The quantitative estimate of drug-likeness (QED) is 0.839. The summed E-state index contributed by atoms with van der Waals surface area (Å²) in [6.45, 7) is 5.45. The van der Waals surface area contributed by atoms with E-state index in [9.17, 15) is 4.79 Å². The van der Waals surface area contributed by atoms with Crippen LogP contribution in [-0.4, -0.2) is 23.9 Å². The van der Waals surface area contributed by atoms with E-state index >= 15 is 0 Å². The van der Waals surface area contributed by atoms with E-state index < -0.39 is 0 Å². The van der Waals surface area contributed by atoms with Crippen LogP contribution in [0.2, 0.25) is 0 Å². The summed E-state index contributed by atoms with van der Waals surface area (Å²) in [6.07, 6.45) is 7.59.